The van der Waals surface area contributed by atoms with E-state index >= 15 is 0 Å². The summed E-state index contributed by atoms with van der Waals surface area (Å²) in [7, 11) is 5.03. The van der Waals surface area contributed by atoms with Crippen molar-refractivity contribution >= 4 is 5.69 Å². The minimum Gasteiger partial charge on any atom is -0.497 e. The largest absolute Gasteiger partial charge is 0.497 e. The van der Waals surface area contributed by atoms with Crippen molar-refractivity contribution in [3.63, 3.8) is 0 Å². The van der Waals surface area contributed by atoms with E-state index in [-0.39, 0.29) is 18.3 Å². The molecule has 8 nitrogen and oxygen atoms in total. The normalized spacial score (nSPS) is 19.2. The number of benzene rings is 2. The van der Waals surface area contributed by atoms with Gasteiger partial charge in [-0.3, -0.25) is 0 Å². The average molecular weight is 531 g/mol. The molecule has 0 aromatic heterocycles. The second-order valence-electron chi connectivity index (χ2n) is 10.3. The number of hydrogen-bond donors (Lipinski definition) is 2. The zero-order valence-electron chi connectivity index (χ0n) is 23.7. The molecule has 2 aromatic carbocycles. The molecule has 2 aliphatic rings. The Hall–Kier alpha value is -2.36. The summed E-state index contributed by atoms with van der Waals surface area (Å²) in [6.07, 6.45) is 2.23. The number of nitrogens with one attached hydrogen (secondary N) is 1. The molecule has 2 atom stereocenters. The molecule has 8 heteroatoms. The van der Waals surface area contributed by atoms with Gasteiger partial charge in [-0.25, -0.2) is 0 Å². The van der Waals surface area contributed by atoms with E-state index in [1.807, 2.05) is 26.0 Å². The smallest absolute Gasteiger partial charge is 0.142 e. The van der Waals surface area contributed by atoms with Crippen molar-refractivity contribution in [1.29, 1.82) is 0 Å². The Kier molecular flexibility index (Phi) is 12.1. The quantitative estimate of drug-likeness (QED) is 0.422. The highest BCUT2D eigenvalue weighted by molar-refractivity contribution is 5.61. The molecule has 2 N–H and O–H groups in total. The summed E-state index contributed by atoms with van der Waals surface area (Å²) in [6.45, 7) is 9.59. The molecule has 2 aromatic rings. The van der Waals surface area contributed by atoms with E-state index in [4.69, 9.17) is 28.8 Å². The molecule has 0 aliphatic carbocycles. The van der Waals surface area contributed by atoms with Crippen LogP contribution in [0.4, 0.5) is 5.69 Å². The molecule has 2 aliphatic heterocycles. The molecule has 0 amide bonds. The molecule has 0 radical (unpaired) electrons. The molecule has 1 unspecified atom stereocenters. The Morgan fingerprint density at radius 2 is 1.89 bits per heavy atom. The monoisotopic (exact) mass is 530 g/mol. The molecule has 0 spiro atoms. The van der Waals surface area contributed by atoms with Crippen LogP contribution in [0.1, 0.15) is 43.7 Å². The first-order chi connectivity index (χ1) is 18.4. The Morgan fingerprint density at radius 1 is 1.11 bits per heavy atom. The van der Waals surface area contributed by atoms with E-state index < -0.39 is 0 Å². The summed E-state index contributed by atoms with van der Waals surface area (Å²) in [5, 5.41) is 12.0. The number of hydrogen-bond acceptors (Lipinski definition) is 8. The Morgan fingerprint density at radius 3 is 2.55 bits per heavy atom. The first-order valence-electron chi connectivity index (χ1n) is 13.5. The number of nitrogens with zero attached hydrogens (tertiary/aromatic N) is 1. The highest BCUT2D eigenvalue weighted by Crippen LogP contribution is 2.34. The molecule has 0 bridgehead atoms. The number of aliphatic hydroxyl groups is 1. The molecule has 1 fully saturated rings. The van der Waals surface area contributed by atoms with E-state index in [9.17, 15) is 0 Å². The lowest BCUT2D eigenvalue weighted by Gasteiger charge is -2.33. The van der Waals surface area contributed by atoms with Crippen LogP contribution in [0, 0.1) is 0 Å². The number of fused-ring (bicyclic) bond motifs is 1. The van der Waals surface area contributed by atoms with Gasteiger partial charge in [-0.05, 0) is 68.6 Å². The van der Waals surface area contributed by atoms with Crippen LogP contribution < -0.4 is 19.7 Å². The van der Waals surface area contributed by atoms with Crippen molar-refractivity contribution < 1.29 is 28.8 Å². The summed E-state index contributed by atoms with van der Waals surface area (Å²) in [5.74, 6) is 2.24. The highest BCUT2D eigenvalue weighted by atomic mass is 16.5. The fraction of sp³-hybridized carbons (Fsp3) is 0.600. The minimum absolute atomic E-state index is 0.0729. The average Bonchev–Trinajstić information content (AvgIpc) is 2.97. The van der Waals surface area contributed by atoms with Crippen LogP contribution in [0.2, 0.25) is 0 Å². The number of piperidine rings is 1. The Bertz CT molecular complexity index is 946. The fourth-order valence-electron chi connectivity index (χ4n) is 4.55. The van der Waals surface area contributed by atoms with E-state index in [2.05, 4.69) is 40.5 Å². The third-order valence-electron chi connectivity index (χ3n) is 7.13. The van der Waals surface area contributed by atoms with Gasteiger partial charge in [-0.1, -0.05) is 18.2 Å². The first-order valence-corrected chi connectivity index (χ1v) is 13.5. The fourth-order valence-corrected chi connectivity index (χ4v) is 4.55. The van der Waals surface area contributed by atoms with Gasteiger partial charge in [0.15, 0.2) is 0 Å². The van der Waals surface area contributed by atoms with Gasteiger partial charge in [-0.15, -0.1) is 0 Å². The van der Waals surface area contributed by atoms with Gasteiger partial charge < -0.3 is 39.0 Å². The van der Waals surface area contributed by atoms with Crippen molar-refractivity contribution in [3.8, 4) is 11.5 Å². The van der Waals surface area contributed by atoms with Crippen LogP contribution in [0.25, 0.3) is 0 Å². The summed E-state index contributed by atoms with van der Waals surface area (Å²) in [4.78, 5) is 2.39. The summed E-state index contributed by atoms with van der Waals surface area (Å²) in [5.41, 5.74) is 3.30. The van der Waals surface area contributed by atoms with Crippen LogP contribution in [-0.4, -0.2) is 84.1 Å². The number of rotatable bonds is 11. The highest BCUT2D eigenvalue weighted by Gasteiger charge is 2.27. The molecule has 0 saturated carbocycles. The van der Waals surface area contributed by atoms with Gasteiger partial charge in [0.25, 0.3) is 0 Å². The summed E-state index contributed by atoms with van der Waals surface area (Å²) >= 11 is 0. The first kappa shape index (κ1) is 30.2. The second kappa shape index (κ2) is 15.3. The van der Waals surface area contributed by atoms with Crippen LogP contribution >= 0.6 is 0 Å². The topological polar surface area (TPSA) is 81.7 Å². The van der Waals surface area contributed by atoms with Gasteiger partial charge in [-0.2, -0.15) is 0 Å². The maximum Gasteiger partial charge on any atom is 0.142 e. The lowest BCUT2D eigenvalue weighted by atomic mass is 9.87. The van der Waals surface area contributed by atoms with Gasteiger partial charge in [0.05, 0.1) is 44.3 Å². The summed E-state index contributed by atoms with van der Waals surface area (Å²) in [6, 6.07) is 14.8. The maximum absolute atomic E-state index is 8.47. The van der Waals surface area contributed by atoms with E-state index in [0.29, 0.717) is 12.5 Å². The lowest BCUT2D eigenvalue weighted by molar-refractivity contribution is -0.0226. The van der Waals surface area contributed by atoms with Crippen molar-refractivity contribution in [2.24, 2.45) is 0 Å². The minimum atomic E-state index is -0.361. The number of anilines is 1. The lowest BCUT2D eigenvalue weighted by Crippen LogP contribution is -2.41. The van der Waals surface area contributed by atoms with Gasteiger partial charge in [0, 0.05) is 39.8 Å². The molecular formula is C30H46N2O6. The van der Waals surface area contributed by atoms with Gasteiger partial charge >= 0.3 is 0 Å². The third kappa shape index (κ3) is 8.85. The molecule has 4 rings (SSSR count). The molecular weight excluding hydrogens is 484 g/mol. The van der Waals surface area contributed by atoms with Crippen LogP contribution in [0.3, 0.4) is 0 Å². The molecule has 2 heterocycles. The van der Waals surface area contributed by atoms with Crippen LogP contribution in [-0.2, 0) is 20.8 Å². The number of ether oxygens (including phenoxy) is 5. The van der Waals surface area contributed by atoms with Crippen molar-refractivity contribution in [2.75, 3.05) is 72.2 Å². The predicted molar refractivity (Wildman–Crippen MR) is 151 cm³/mol. The molecule has 212 valence electrons. The predicted octanol–water partition coefficient (Wildman–Crippen LogP) is 4.00. The standard InChI is InChI=1S/C25H34N2O4.C5H12O2/c1-28-14-3-12-27-13-15-30-24-9-4-19(16-23(24)27)18-31-25-17-26-11-10-22(25)20-5-7-21(29-2)8-6-20;1-5(2,4-6)7-3/h4-9,16,22,25-26H,3,10-15,17-18H2,1-2H3;6H,4H2,1-3H3/t22?,25-;/m0./s1. The SMILES string of the molecule is COC(C)(C)CO.COCCCN1CCOc2ccc(CO[C@H]3CNCCC3c3ccc(OC)cc3)cc21. The van der Waals surface area contributed by atoms with Crippen LogP contribution in [0.5, 0.6) is 11.5 Å². The maximum atomic E-state index is 8.47. The van der Waals surface area contributed by atoms with E-state index in [0.717, 1.165) is 69.4 Å². The van der Waals surface area contributed by atoms with E-state index in [1.54, 1.807) is 21.3 Å². The number of aliphatic hydroxyl groups excluding tert-OH is 1. The van der Waals surface area contributed by atoms with E-state index in [1.165, 1.54) is 11.1 Å². The zero-order chi connectivity index (χ0) is 27.4. The molecule has 1 saturated heterocycles. The molecule has 38 heavy (non-hydrogen) atoms. The van der Waals surface area contributed by atoms with Crippen molar-refractivity contribution in [2.45, 2.75) is 50.9 Å². The number of methoxy groups -OCH3 is 3. The van der Waals surface area contributed by atoms with Crippen LogP contribution in [0.15, 0.2) is 42.5 Å². The van der Waals surface area contributed by atoms with Crippen molar-refractivity contribution in [1.82, 2.24) is 5.32 Å². The second-order valence-corrected chi connectivity index (χ2v) is 10.3. The van der Waals surface area contributed by atoms with Gasteiger partial charge in [0.2, 0.25) is 0 Å². The summed E-state index contributed by atoms with van der Waals surface area (Å²) < 4.78 is 27.7. The zero-order valence-corrected chi connectivity index (χ0v) is 23.7. The van der Waals surface area contributed by atoms with Crippen molar-refractivity contribution in [3.05, 3.63) is 53.6 Å². The van der Waals surface area contributed by atoms with Gasteiger partial charge in [0.1, 0.15) is 18.1 Å². The third-order valence-corrected chi connectivity index (χ3v) is 7.13. The Balaban J connectivity index is 0.000000505. The Labute approximate surface area is 228 Å².